The van der Waals surface area contributed by atoms with Crippen molar-refractivity contribution in [3.8, 4) is 11.5 Å². The van der Waals surface area contributed by atoms with Gasteiger partial charge in [-0.15, -0.1) is 0 Å². The number of allylic oxidation sites excluding steroid dienone is 1. The first-order chi connectivity index (χ1) is 15.4. The van der Waals surface area contributed by atoms with Crippen LogP contribution in [-0.4, -0.2) is 38.5 Å². The fraction of sp³-hybridized carbons (Fsp3) is 0.261. The summed E-state index contributed by atoms with van der Waals surface area (Å²) in [6.45, 7) is 3.69. The number of esters is 2. The van der Waals surface area contributed by atoms with Crippen molar-refractivity contribution in [2.45, 2.75) is 19.9 Å². The summed E-state index contributed by atoms with van der Waals surface area (Å²) in [5.74, 6) is 0.0802. The SMILES string of the molecule is CCOC(=O)C1=C(C)N(c2ccc3c(c2)OCO3)C(=O)N[C@H]1c1ccc(C(=O)OC)cc1. The van der Waals surface area contributed by atoms with Crippen molar-refractivity contribution in [2.24, 2.45) is 0 Å². The van der Waals surface area contributed by atoms with Crippen molar-refractivity contribution in [3.63, 3.8) is 0 Å². The van der Waals surface area contributed by atoms with E-state index in [1.54, 1.807) is 56.3 Å². The number of urea groups is 1. The van der Waals surface area contributed by atoms with E-state index in [9.17, 15) is 14.4 Å². The molecular formula is C23H22N2O7. The van der Waals surface area contributed by atoms with Gasteiger partial charge in [0.1, 0.15) is 0 Å². The number of hydrogen-bond donors (Lipinski definition) is 1. The van der Waals surface area contributed by atoms with E-state index in [4.69, 9.17) is 18.9 Å². The molecular weight excluding hydrogens is 416 g/mol. The predicted molar refractivity (Wildman–Crippen MR) is 113 cm³/mol. The summed E-state index contributed by atoms with van der Waals surface area (Å²) in [6, 6.07) is 10.4. The topological polar surface area (TPSA) is 103 Å². The predicted octanol–water partition coefficient (Wildman–Crippen LogP) is 3.31. The number of carbonyl (C=O) groups is 3. The molecule has 0 saturated heterocycles. The van der Waals surface area contributed by atoms with Crippen molar-refractivity contribution in [1.82, 2.24) is 5.32 Å². The smallest absolute Gasteiger partial charge is 0.338 e. The van der Waals surface area contributed by atoms with Crippen LogP contribution in [0.5, 0.6) is 11.5 Å². The highest BCUT2D eigenvalue weighted by Gasteiger charge is 2.37. The van der Waals surface area contributed by atoms with Gasteiger partial charge in [0.05, 0.1) is 36.6 Å². The monoisotopic (exact) mass is 438 g/mol. The normalized spacial score (nSPS) is 17.2. The summed E-state index contributed by atoms with van der Waals surface area (Å²) in [5.41, 5.74) is 2.21. The highest BCUT2D eigenvalue weighted by molar-refractivity contribution is 6.03. The number of nitrogens with one attached hydrogen (secondary N) is 1. The highest BCUT2D eigenvalue weighted by Crippen LogP contribution is 2.39. The average Bonchev–Trinajstić information content (AvgIpc) is 3.26. The van der Waals surface area contributed by atoms with E-state index in [0.717, 1.165) is 0 Å². The second kappa shape index (κ2) is 8.62. The van der Waals surface area contributed by atoms with Gasteiger partial charge in [-0.1, -0.05) is 12.1 Å². The molecule has 166 valence electrons. The largest absolute Gasteiger partial charge is 0.465 e. The van der Waals surface area contributed by atoms with E-state index in [-0.39, 0.29) is 19.0 Å². The lowest BCUT2D eigenvalue weighted by molar-refractivity contribution is -0.139. The molecule has 2 aromatic rings. The molecule has 0 saturated carbocycles. The van der Waals surface area contributed by atoms with Gasteiger partial charge < -0.3 is 24.3 Å². The number of benzene rings is 2. The van der Waals surface area contributed by atoms with Crippen LogP contribution < -0.4 is 19.7 Å². The standard InChI is InChI=1S/C23H22N2O7/c1-4-30-22(27)19-13(2)25(16-9-10-17-18(11-16)32-12-31-17)23(28)24-20(19)14-5-7-15(8-6-14)21(26)29-3/h5-11,20H,4,12H2,1-3H3,(H,24,28)/t20-/m0/s1. The highest BCUT2D eigenvalue weighted by atomic mass is 16.7. The molecule has 2 aliphatic rings. The van der Waals surface area contributed by atoms with Gasteiger partial charge in [-0.2, -0.15) is 0 Å². The van der Waals surface area contributed by atoms with Gasteiger partial charge in [-0.05, 0) is 43.7 Å². The number of ether oxygens (including phenoxy) is 4. The van der Waals surface area contributed by atoms with E-state index in [2.05, 4.69) is 5.32 Å². The number of fused-ring (bicyclic) bond motifs is 1. The Kier molecular flexibility index (Phi) is 5.72. The molecule has 0 fully saturated rings. The second-order valence-corrected chi connectivity index (χ2v) is 7.09. The molecule has 32 heavy (non-hydrogen) atoms. The van der Waals surface area contributed by atoms with Gasteiger partial charge in [0.25, 0.3) is 0 Å². The van der Waals surface area contributed by atoms with E-state index in [1.165, 1.54) is 12.0 Å². The Bertz CT molecular complexity index is 1110. The van der Waals surface area contributed by atoms with Crippen LogP contribution in [0.2, 0.25) is 0 Å². The van der Waals surface area contributed by atoms with Crippen molar-refractivity contribution in [1.29, 1.82) is 0 Å². The van der Waals surface area contributed by atoms with Crippen LogP contribution in [0.25, 0.3) is 0 Å². The zero-order chi connectivity index (χ0) is 22.8. The Morgan fingerprint density at radius 1 is 1.09 bits per heavy atom. The number of amides is 2. The third-order valence-electron chi connectivity index (χ3n) is 5.26. The van der Waals surface area contributed by atoms with Gasteiger partial charge in [0.15, 0.2) is 11.5 Å². The summed E-state index contributed by atoms with van der Waals surface area (Å²) in [4.78, 5) is 39.2. The van der Waals surface area contributed by atoms with Crippen molar-refractivity contribution < 1.29 is 33.3 Å². The molecule has 9 heteroatoms. The fourth-order valence-electron chi connectivity index (χ4n) is 3.73. The molecule has 0 aromatic heterocycles. The summed E-state index contributed by atoms with van der Waals surface area (Å²) in [6.07, 6.45) is 0. The Morgan fingerprint density at radius 3 is 2.50 bits per heavy atom. The number of hydrogen-bond acceptors (Lipinski definition) is 7. The zero-order valence-electron chi connectivity index (χ0n) is 17.8. The molecule has 2 heterocycles. The van der Waals surface area contributed by atoms with Gasteiger partial charge in [0, 0.05) is 11.8 Å². The molecule has 1 N–H and O–H groups in total. The third-order valence-corrected chi connectivity index (χ3v) is 5.26. The lowest BCUT2D eigenvalue weighted by atomic mass is 9.94. The summed E-state index contributed by atoms with van der Waals surface area (Å²) >= 11 is 0. The Labute approximate surface area is 184 Å². The maximum atomic E-state index is 13.1. The summed E-state index contributed by atoms with van der Waals surface area (Å²) < 4.78 is 20.8. The second-order valence-electron chi connectivity index (χ2n) is 7.09. The summed E-state index contributed by atoms with van der Waals surface area (Å²) in [5, 5.41) is 2.87. The molecule has 2 amide bonds. The maximum Gasteiger partial charge on any atom is 0.338 e. The van der Waals surface area contributed by atoms with Crippen LogP contribution in [-0.2, 0) is 14.3 Å². The van der Waals surface area contributed by atoms with Crippen LogP contribution >= 0.6 is 0 Å². The molecule has 0 aliphatic carbocycles. The molecule has 2 aliphatic heterocycles. The third kappa shape index (κ3) is 3.73. The average molecular weight is 438 g/mol. The van der Waals surface area contributed by atoms with Gasteiger partial charge in [0.2, 0.25) is 6.79 Å². The first-order valence-corrected chi connectivity index (χ1v) is 10.0. The number of nitrogens with zero attached hydrogens (tertiary/aromatic N) is 1. The Morgan fingerprint density at radius 2 is 1.81 bits per heavy atom. The minimum absolute atomic E-state index is 0.109. The molecule has 0 bridgehead atoms. The molecule has 4 rings (SSSR count). The van der Waals surface area contributed by atoms with E-state index >= 15 is 0 Å². The molecule has 2 aromatic carbocycles. The fourth-order valence-corrected chi connectivity index (χ4v) is 3.73. The minimum atomic E-state index is -0.751. The van der Waals surface area contributed by atoms with Crippen LogP contribution in [0.3, 0.4) is 0 Å². The van der Waals surface area contributed by atoms with Crippen LogP contribution in [0, 0.1) is 0 Å². The summed E-state index contributed by atoms with van der Waals surface area (Å²) in [7, 11) is 1.30. The molecule has 9 nitrogen and oxygen atoms in total. The van der Waals surface area contributed by atoms with Gasteiger partial charge in [-0.25, -0.2) is 14.4 Å². The number of carbonyl (C=O) groups excluding carboxylic acids is 3. The van der Waals surface area contributed by atoms with Crippen molar-refractivity contribution in [2.75, 3.05) is 25.4 Å². The Hall–Kier alpha value is -4.01. The van der Waals surface area contributed by atoms with Crippen LogP contribution in [0.4, 0.5) is 10.5 Å². The lowest BCUT2D eigenvalue weighted by Gasteiger charge is -2.35. The molecule has 1 atom stereocenters. The molecule has 0 radical (unpaired) electrons. The maximum absolute atomic E-state index is 13.1. The molecule has 0 spiro atoms. The Balaban J connectivity index is 1.76. The quantitative estimate of drug-likeness (QED) is 0.715. The first-order valence-electron chi connectivity index (χ1n) is 10.0. The minimum Gasteiger partial charge on any atom is -0.465 e. The van der Waals surface area contributed by atoms with E-state index < -0.39 is 24.0 Å². The van der Waals surface area contributed by atoms with E-state index in [1.807, 2.05) is 0 Å². The first kappa shape index (κ1) is 21.2. The number of anilines is 1. The number of rotatable bonds is 5. The van der Waals surface area contributed by atoms with Crippen LogP contribution in [0.1, 0.15) is 35.8 Å². The lowest BCUT2D eigenvalue weighted by Crippen LogP contribution is -2.48. The van der Waals surface area contributed by atoms with Gasteiger partial charge >= 0.3 is 18.0 Å². The molecule has 0 unspecified atom stereocenters. The van der Waals surface area contributed by atoms with Crippen LogP contribution in [0.15, 0.2) is 53.7 Å². The van der Waals surface area contributed by atoms with Crippen molar-refractivity contribution in [3.05, 3.63) is 64.9 Å². The number of methoxy groups -OCH3 is 1. The van der Waals surface area contributed by atoms with Gasteiger partial charge in [-0.3, -0.25) is 4.90 Å². The van der Waals surface area contributed by atoms with Crippen molar-refractivity contribution >= 4 is 23.7 Å². The van der Waals surface area contributed by atoms with E-state index in [0.29, 0.717) is 34.0 Å². The zero-order valence-corrected chi connectivity index (χ0v) is 17.8.